The minimum Gasteiger partial charge on any atom is -0.467 e. The highest BCUT2D eigenvalue weighted by Gasteiger charge is 2.20. The first-order valence-electron chi connectivity index (χ1n) is 7.59. The van der Waals surface area contributed by atoms with Crippen LogP contribution in [0.25, 0.3) is 11.0 Å². The van der Waals surface area contributed by atoms with E-state index in [-0.39, 0.29) is 5.97 Å². The smallest absolute Gasteiger partial charge is 0.328 e. The molecule has 2 aromatic rings. The van der Waals surface area contributed by atoms with Crippen molar-refractivity contribution < 1.29 is 9.53 Å². The molecule has 0 bridgehead atoms. The van der Waals surface area contributed by atoms with E-state index in [1.165, 1.54) is 7.11 Å². The van der Waals surface area contributed by atoms with Crippen LogP contribution < -0.4 is 5.32 Å². The molecule has 1 atom stereocenters. The molecule has 0 saturated carbocycles. The maximum atomic E-state index is 12.0. The quantitative estimate of drug-likeness (QED) is 0.626. The molecule has 0 spiro atoms. The highest BCUT2D eigenvalue weighted by Crippen LogP contribution is 2.19. The Bertz CT molecular complexity index is 645. The van der Waals surface area contributed by atoms with Crippen LogP contribution in [0.5, 0.6) is 0 Å². The van der Waals surface area contributed by atoms with Gasteiger partial charge in [0, 0.05) is 6.20 Å². The molecule has 1 N–H and O–H groups in total. The molecule has 118 valence electrons. The second kappa shape index (κ2) is 7.68. The summed E-state index contributed by atoms with van der Waals surface area (Å²) in [4.78, 5) is 25.0. The molecule has 0 amide bonds. The topological polar surface area (TPSA) is 77.0 Å². The number of anilines is 1. The number of nitrogens with one attached hydrogen (secondary N) is 1. The molecular formula is C16H22N4O2. The van der Waals surface area contributed by atoms with Crippen molar-refractivity contribution in [2.75, 3.05) is 12.4 Å². The summed E-state index contributed by atoms with van der Waals surface area (Å²) in [5, 5.41) is 3.18. The average molecular weight is 302 g/mol. The summed E-state index contributed by atoms with van der Waals surface area (Å²) < 4.78 is 4.89. The van der Waals surface area contributed by atoms with Crippen molar-refractivity contribution in [1.82, 2.24) is 15.0 Å². The monoisotopic (exact) mass is 302 g/mol. The maximum Gasteiger partial charge on any atom is 0.328 e. The number of rotatable bonds is 7. The van der Waals surface area contributed by atoms with Gasteiger partial charge in [-0.05, 0) is 25.5 Å². The zero-order valence-corrected chi connectivity index (χ0v) is 13.3. The van der Waals surface area contributed by atoms with Gasteiger partial charge in [-0.25, -0.2) is 14.8 Å². The molecule has 6 nitrogen and oxygen atoms in total. The van der Waals surface area contributed by atoms with Crippen LogP contribution in [0.3, 0.4) is 0 Å². The number of fused-ring (bicyclic) bond motifs is 1. The SMILES string of the molecule is CCCCC[C@@H](Nc1nc(C)nc2cccnc12)C(=O)OC. The third-order valence-corrected chi connectivity index (χ3v) is 3.46. The Hall–Kier alpha value is -2.24. The summed E-state index contributed by atoms with van der Waals surface area (Å²) >= 11 is 0. The van der Waals surface area contributed by atoms with Gasteiger partial charge in [0.25, 0.3) is 0 Å². The first kappa shape index (κ1) is 16.1. The Labute approximate surface area is 130 Å². The highest BCUT2D eigenvalue weighted by atomic mass is 16.5. The minimum atomic E-state index is -0.420. The van der Waals surface area contributed by atoms with E-state index in [1.807, 2.05) is 19.1 Å². The van der Waals surface area contributed by atoms with Crippen molar-refractivity contribution in [3.8, 4) is 0 Å². The third kappa shape index (κ3) is 3.90. The summed E-state index contributed by atoms with van der Waals surface area (Å²) in [5.74, 6) is 0.937. The number of carbonyl (C=O) groups is 1. The summed E-state index contributed by atoms with van der Waals surface area (Å²) in [6.45, 7) is 3.95. The van der Waals surface area contributed by atoms with Crippen LogP contribution in [-0.4, -0.2) is 34.1 Å². The molecule has 0 saturated heterocycles. The van der Waals surface area contributed by atoms with Gasteiger partial charge in [0.15, 0.2) is 5.82 Å². The first-order valence-corrected chi connectivity index (χ1v) is 7.59. The van der Waals surface area contributed by atoms with Crippen molar-refractivity contribution >= 4 is 22.8 Å². The van der Waals surface area contributed by atoms with E-state index < -0.39 is 6.04 Å². The van der Waals surface area contributed by atoms with Crippen LogP contribution in [0.2, 0.25) is 0 Å². The Kier molecular flexibility index (Phi) is 5.63. The number of nitrogens with zero attached hydrogens (tertiary/aromatic N) is 3. The first-order chi connectivity index (χ1) is 10.7. The van der Waals surface area contributed by atoms with Gasteiger partial charge in [-0.2, -0.15) is 0 Å². The number of unbranched alkanes of at least 4 members (excludes halogenated alkanes) is 2. The third-order valence-electron chi connectivity index (χ3n) is 3.46. The molecule has 6 heteroatoms. The number of hydrogen-bond acceptors (Lipinski definition) is 6. The van der Waals surface area contributed by atoms with Crippen LogP contribution in [0.1, 0.15) is 38.4 Å². The van der Waals surface area contributed by atoms with Crippen LogP contribution in [0.15, 0.2) is 18.3 Å². The standard InChI is InChI=1S/C16H22N4O2/c1-4-5-6-8-13(16(21)22-3)20-15-14-12(9-7-10-17-14)18-11(2)19-15/h7,9-10,13H,4-6,8H2,1-3H3,(H,18,19,20)/t13-/m1/s1. The molecule has 2 rings (SSSR count). The number of aryl methyl sites for hydroxylation is 1. The lowest BCUT2D eigenvalue weighted by Gasteiger charge is -2.17. The summed E-state index contributed by atoms with van der Waals surface area (Å²) in [5.41, 5.74) is 1.42. The van der Waals surface area contributed by atoms with Gasteiger partial charge < -0.3 is 10.1 Å². The molecular weight excluding hydrogens is 280 g/mol. The zero-order chi connectivity index (χ0) is 15.9. The molecule has 2 aromatic heterocycles. The molecule has 0 radical (unpaired) electrons. The van der Waals surface area contributed by atoms with Crippen LogP contribution in [-0.2, 0) is 9.53 Å². The maximum absolute atomic E-state index is 12.0. The second-order valence-electron chi connectivity index (χ2n) is 5.21. The van der Waals surface area contributed by atoms with Gasteiger partial charge in [-0.1, -0.05) is 26.2 Å². The number of pyridine rings is 1. The molecule has 0 aliphatic heterocycles. The van der Waals surface area contributed by atoms with Gasteiger partial charge >= 0.3 is 5.97 Å². The fraction of sp³-hybridized carbons (Fsp3) is 0.500. The summed E-state index contributed by atoms with van der Waals surface area (Å²) in [7, 11) is 1.40. The highest BCUT2D eigenvalue weighted by molar-refractivity contribution is 5.87. The predicted octanol–water partition coefficient (Wildman–Crippen LogP) is 2.87. The fourth-order valence-electron chi connectivity index (χ4n) is 2.34. The number of carbonyl (C=O) groups excluding carboxylic acids is 1. The lowest BCUT2D eigenvalue weighted by atomic mass is 10.1. The van der Waals surface area contributed by atoms with E-state index in [0.29, 0.717) is 23.6 Å². The Morgan fingerprint density at radius 2 is 2.18 bits per heavy atom. The summed E-state index contributed by atoms with van der Waals surface area (Å²) in [6, 6.07) is 3.29. The summed E-state index contributed by atoms with van der Waals surface area (Å²) in [6.07, 6.45) is 5.54. The van der Waals surface area contributed by atoms with E-state index in [1.54, 1.807) is 6.20 Å². The van der Waals surface area contributed by atoms with Crippen LogP contribution >= 0.6 is 0 Å². The minimum absolute atomic E-state index is 0.281. The number of ether oxygens (including phenoxy) is 1. The van der Waals surface area contributed by atoms with Crippen LogP contribution in [0, 0.1) is 6.92 Å². The van der Waals surface area contributed by atoms with Crippen molar-refractivity contribution in [1.29, 1.82) is 0 Å². The fourth-order valence-corrected chi connectivity index (χ4v) is 2.34. The van der Waals surface area contributed by atoms with Gasteiger partial charge in [0.2, 0.25) is 0 Å². The molecule has 0 aliphatic carbocycles. The Morgan fingerprint density at radius 3 is 2.91 bits per heavy atom. The van der Waals surface area contributed by atoms with Gasteiger partial charge in [0.1, 0.15) is 17.4 Å². The molecule has 0 unspecified atom stereocenters. The van der Waals surface area contributed by atoms with E-state index in [4.69, 9.17) is 4.74 Å². The largest absolute Gasteiger partial charge is 0.467 e. The van der Waals surface area contributed by atoms with Crippen molar-refractivity contribution in [2.45, 2.75) is 45.6 Å². The predicted molar refractivity (Wildman–Crippen MR) is 85.6 cm³/mol. The van der Waals surface area contributed by atoms with Crippen molar-refractivity contribution in [2.24, 2.45) is 0 Å². The zero-order valence-electron chi connectivity index (χ0n) is 13.3. The van der Waals surface area contributed by atoms with Gasteiger partial charge in [0.05, 0.1) is 12.6 Å². The van der Waals surface area contributed by atoms with E-state index >= 15 is 0 Å². The van der Waals surface area contributed by atoms with Gasteiger partial charge in [-0.15, -0.1) is 0 Å². The van der Waals surface area contributed by atoms with E-state index in [2.05, 4.69) is 27.2 Å². The Morgan fingerprint density at radius 1 is 1.36 bits per heavy atom. The second-order valence-corrected chi connectivity index (χ2v) is 5.21. The number of methoxy groups -OCH3 is 1. The lowest BCUT2D eigenvalue weighted by Crippen LogP contribution is -2.31. The average Bonchev–Trinajstić information content (AvgIpc) is 2.53. The number of aromatic nitrogens is 3. The molecule has 22 heavy (non-hydrogen) atoms. The molecule has 0 aliphatic rings. The molecule has 0 fully saturated rings. The van der Waals surface area contributed by atoms with Crippen molar-refractivity contribution in [3.63, 3.8) is 0 Å². The van der Waals surface area contributed by atoms with Gasteiger partial charge in [-0.3, -0.25) is 4.98 Å². The lowest BCUT2D eigenvalue weighted by molar-refractivity contribution is -0.141. The number of esters is 1. The van der Waals surface area contributed by atoms with Crippen molar-refractivity contribution in [3.05, 3.63) is 24.2 Å². The number of hydrogen-bond donors (Lipinski definition) is 1. The Balaban J connectivity index is 2.27. The molecule has 0 aromatic carbocycles. The normalized spacial score (nSPS) is 12.1. The molecule has 2 heterocycles. The van der Waals surface area contributed by atoms with E-state index in [9.17, 15) is 4.79 Å². The van der Waals surface area contributed by atoms with Crippen LogP contribution in [0.4, 0.5) is 5.82 Å². The van der Waals surface area contributed by atoms with E-state index in [0.717, 1.165) is 24.8 Å².